The maximum Gasteiger partial charge on any atom is 0.349 e. The number of carbonyl (C=O) groups excluding carboxylic acids is 1. The first-order chi connectivity index (χ1) is 12.5. The number of fused-ring (bicyclic) bond motifs is 1. The van der Waals surface area contributed by atoms with Crippen LogP contribution in [0, 0.1) is 0 Å². The van der Waals surface area contributed by atoms with Crippen LogP contribution in [0.3, 0.4) is 0 Å². The van der Waals surface area contributed by atoms with Gasteiger partial charge in [0.1, 0.15) is 11.1 Å². The van der Waals surface area contributed by atoms with Gasteiger partial charge in [-0.25, -0.2) is 15.1 Å². The van der Waals surface area contributed by atoms with Gasteiger partial charge in [-0.1, -0.05) is 48.5 Å². The molecule has 3 aromatic rings. The van der Waals surface area contributed by atoms with Crippen LogP contribution < -0.4 is 11.1 Å². The second-order valence-electron chi connectivity index (χ2n) is 5.55. The van der Waals surface area contributed by atoms with E-state index in [4.69, 9.17) is 9.25 Å². The van der Waals surface area contributed by atoms with Crippen molar-refractivity contribution in [2.24, 2.45) is 0 Å². The number of para-hydroxylation sites is 1. The molecule has 2 aromatic carbocycles. The van der Waals surface area contributed by atoms with E-state index in [0.717, 1.165) is 5.56 Å². The highest BCUT2D eigenvalue weighted by atomic mass is 16.7. The molecule has 1 aromatic heterocycles. The summed E-state index contributed by atoms with van der Waals surface area (Å²) in [6, 6.07) is 16.9. The largest absolute Gasteiger partial charge is 0.479 e. The Morgan fingerprint density at radius 1 is 1.08 bits per heavy atom. The first-order valence-electron chi connectivity index (χ1n) is 7.80. The van der Waals surface area contributed by atoms with Crippen LogP contribution in [0.15, 0.2) is 69.9 Å². The molecule has 0 saturated carbocycles. The minimum Gasteiger partial charge on any atom is -0.479 e. The van der Waals surface area contributed by atoms with Gasteiger partial charge in [0.2, 0.25) is 0 Å². The molecule has 0 aliphatic heterocycles. The van der Waals surface area contributed by atoms with E-state index >= 15 is 0 Å². The number of carboxylic acids is 1. The van der Waals surface area contributed by atoms with E-state index < -0.39 is 23.6 Å². The molecule has 2 N–H and O–H groups in total. The summed E-state index contributed by atoms with van der Waals surface area (Å²) in [5, 5.41) is 9.82. The smallest absolute Gasteiger partial charge is 0.349 e. The fourth-order valence-electron chi connectivity index (χ4n) is 2.41. The zero-order valence-corrected chi connectivity index (χ0v) is 13.5. The lowest BCUT2D eigenvalue weighted by atomic mass is 10.1. The number of benzene rings is 2. The topological polar surface area (TPSA) is 106 Å². The fraction of sp³-hybridized carbons (Fsp3) is 0.105. The van der Waals surface area contributed by atoms with Crippen LogP contribution in [-0.2, 0) is 16.1 Å². The van der Waals surface area contributed by atoms with Crippen LogP contribution in [0.25, 0.3) is 11.0 Å². The Morgan fingerprint density at radius 2 is 1.77 bits per heavy atom. The Hall–Kier alpha value is -3.45. The molecule has 1 amide bonds. The molecule has 0 aliphatic carbocycles. The van der Waals surface area contributed by atoms with Crippen LogP contribution in [0.4, 0.5) is 0 Å². The van der Waals surface area contributed by atoms with E-state index in [-0.39, 0.29) is 12.0 Å². The van der Waals surface area contributed by atoms with Gasteiger partial charge < -0.3 is 9.52 Å². The first-order valence-corrected chi connectivity index (χ1v) is 7.80. The standard InChI is InChI=1S/C19H15NO6/c21-17(14-11-13-8-4-5-9-15(13)25-19(14)24)20-26-16(18(22)23)10-12-6-2-1-3-7-12/h1-9,11,16H,10H2,(H,20,21)(H,22,23). The van der Waals surface area contributed by atoms with E-state index in [1.165, 1.54) is 6.07 Å². The van der Waals surface area contributed by atoms with Gasteiger partial charge in [-0.15, -0.1) is 0 Å². The van der Waals surface area contributed by atoms with E-state index in [0.29, 0.717) is 11.0 Å². The minimum atomic E-state index is -1.30. The molecule has 0 fully saturated rings. The number of carboxylic acid groups (broad SMARTS) is 1. The lowest BCUT2D eigenvalue weighted by Gasteiger charge is -2.13. The average Bonchev–Trinajstić information content (AvgIpc) is 2.65. The van der Waals surface area contributed by atoms with Crippen molar-refractivity contribution in [3.05, 3.63) is 82.2 Å². The van der Waals surface area contributed by atoms with Crippen LogP contribution in [0.2, 0.25) is 0 Å². The second-order valence-corrected chi connectivity index (χ2v) is 5.55. The van der Waals surface area contributed by atoms with Crippen molar-refractivity contribution in [3.63, 3.8) is 0 Å². The average molecular weight is 353 g/mol. The van der Waals surface area contributed by atoms with Crippen molar-refractivity contribution in [2.45, 2.75) is 12.5 Å². The summed E-state index contributed by atoms with van der Waals surface area (Å²) < 4.78 is 5.08. The van der Waals surface area contributed by atoms with Gasteiger partial charge in [0.15, 0.2) is 6.10 Å². The molecule has 0 bridgehead atoms. The number of carbonyl (C=O) groups is 2. The summed E-state index contributed by atoms with van der Waals surface area (Å²) >= 11 is 0. The van der Waals surface area contributed by atoms with Gasteiger partial charge in [-0.05, 0) is 17.7 Å². The highest BCUT2D eigenvalue weighted by Crippen LogP contribution is 2.12. The third-order valence-electron chi connectivity index (χ3n) is 3.72. The van der Waals surface area contributed by atoms with E-state index in [9.17, 15) is 19.5 Å². The van der Waals surface area contributed by atoms with Crippen LogP contribution >= 0.6 is 0 Å². The normalized spacial score (nSPS) is 11.8. The molecule has 7 heteroatoms. The lowest BCUT2D eigenvalue weighted by Crippen LogP contribution is -2.37. The van der Waals surface area contributed by atoms with Crippen molar-refractivity contribution in [3.8, 4) is 0 Å². The number of rotatable bonds is 6. The summed E-state index contributed by atoms with van der Waals surface area (Å²) in [6.45, 7) is 0. The number of hydroxylamine groups is 1. The molecule has 1 unspecified atom stereocenters. The molecule has 7 nitrogen and oxygen atoms in total. The number of hydrogen-bond acceptors (Lipinski definition) is 5. The molecule has 3 rings (SSSR count). The Labute approximate surface area is 147 Å². The molecule has 0 spiro atoms. The molecule has 0 saturated heterocycles. The third kappa shape index (κ3) is 3.96. The summed E-state index contributed by atoms with van der Waals surface area (Å²) in [4.78, 5) is 40.5. The predicted octanol–water partition coefficient (Wildman–Crippen LogP) is 2.15. The fourth-order valence-corrected chi connectivity index (χ4v) is 2.41. The number of hydrogen-bond donors (Lipinski definition) is 2. The van der Waals surface area contributed by atoms with E-state index in [2.05, 4.69) is 0 Å². The van der Waals surface area contributed by atoms with Crippen LogP contribution in [-0.4, -0.2) is 23.1 Å². The van der Waals surface area contributed by atoms with Gasteiger partial charge in [-0.2, -0.15) is 0 Å². The Bertz CT molecular complexity index is 996. The SMILES string of the molecule is O=C(NOC(Cc1ccccc1)C(=O)O)c1cc2ccccc2oc1=O. The maximum atomic E-state index is 12.2. The quantitative estimate of drug-likeness (QED) is 0.520. The monoisotopic (exact) mass is 353 g/mol. The summed E-state index contributed by atoms with van der Waals surface area (Å²) in [7, 11) is 0. The lowest BCUT2D eigenvalue weighted by molar-refractivity contribution is -0.153. The van der Waals surface area contributed by atoms with Crippen molar-refractivity contribution in [2.75, 3.05) is 0 Å². The molecule has 0 aliphatic rings. The van der Waals surface area contributed by atoms with Crippen molar-refractivity contribution in [1.82, 2.24) is 5.48 Å². The molecule has 0 radical (unpaired) electrons. The minimum absolute atomic E-state index is 0.0583. The van der Waals surface area contributed by atoms with Gasteiger partial charge in [0.05, 0.1) is 0 Å². The highest BCUT2D eigenvalue weighted by Gasteiger charge is 2.22. The van der Waals surface area contributed by atoms with Gasteiger partial charge in [0.25, 0.3) is 5.91 Å². The molecule has 26 heavy (non-hydrogen) atoms. The predicted molar refractivity (Wildman–Crippen MR) is 92.6 cm³/mol. The first kappa shape index (κ1) is 17.4. The zero-order chi connectivity index (χ0) is 18.5. The molecular formula is C19H15NO6. The second kappa shape index (κ2) is 7.62. The number of aliphatic carboxylic acids is 1. The van der Waals surface area contributed by atoms with E-state index in [1.54, 1.807) is 54.6 Å². The third-order valence-corrected chi connectivity index (χ3v) is 3.72. The van der Waals surface area contributed by atoms with Crippen molar-refractivity contribution < 1.29 is 24.0 Å². The van der Waals surface area contributed by atoms with Crippen molar-refractivity contribution >= 4 is 22.8 Å². The van der Waals surface area contributed by atoms with Crippen LogP contribution in [0.5, 0.6) is 0 Å². The molecular weight excluding hydrogens is 338 g/mol. The van der Waals surface area contributed by atoms with Gasteiger partial charge in [-0.3, -0.25) is 9.63 Å². The Balaban J connectivity index is 1.73. The maximum absolute atomic E-state index is 12.2. The molecule has 1 atom stereocenters. The van der Waals surface area contributed by atoms with Crippen LogP contribution in [0.1, 0.15) is 15.9 Å². The number of nitrogens with one attached hydrogen (secondary N) is 1. The zero-order valence-electron chi connectivity index (χ0n) is 13.5. The summed E-state index contributed by atoms with van der Waals surface area (Å²) in [6.07, 6.45) is -1.24. The summed E-state index contributed by atoms with van der Waals surface area (Å²) in [5.41, 5.74) is 2.01. The summed E-state index contributed by atoms with van der Waals surface area (Å²) in [5.74, 6) is -2.11. The number of amides is 1. The molecule has 132 valence electrons. The molecule has 1 heterocycles. The highest BCUT2D eigenvalue weighted by molar-refractivity contribution is 5.96. The Morgan fingerprint density at radius 3 is 2.50 bits per heavy atom. The van der Waals surface area contributed by atoms with Crippen molar-refractivity contribution in [1.29, 1.82) is 0 Å². The Kier molecular flexibility index (Phi) is 5.09. The van der Waals surface area contributed by atoms with Gasteiger partial charge >= 0.3 is 11.6 Å². The van der Waals surface area contributed by atoms with E-state index in [1.807, 2.05) is 5.48 Å². The van der Waals surface area contributed by atoms with Gasteiger partial charge in [0, 0.05) is 11.8 Å².